The fraction of sp³-hybridized carbons (Fsp3) is 0.0714. The van der Waals surface area contributed by atoms with Gasteiger partial charge in [-0.3, -0.25) is 0 Å². The number of aromatic nitrogens is 3. The van der Waals surface area contributed by atoms with Crippen LogP contribution in [0.2, 0.25) is 0 Å². The lowest BCUT2D eigenvalue weighted by molar-refractivity contribution is -0.137. The van der Waals surface area contributed by atoms with Gasteiger partial charge in [0.25, 0.3) is 0 Å². The zero-order valence-electron chi connectivity index (χ0n) is 11.3. The number of H-pyrrole nitrogens is 1. The van der Waals surface area contributed by atoms with Crippen molar-refractivity contribution in [3.63, 3.8) is 0 Å². The third kappa shape index (κ3) is 3.17. The summed E-state index contributed by atoms with van der Waals surface area (Å²) in [6, 6.07) is 9.76. The molecule has 0 unspecified atom stereocenters. The van der Waals surface area contributed by atoms with Gasteiger partial charge in [0.05, 0.1) is 10.4 Å². The van der Waals surface area contributed by atoms with Gasteiger partial charge in [-0.2, -0.15) is 28.7 Å². The molecule has 0 saturated carbocycles. The summed E-state index contributed by atoms with van der Waals surface area (Å²) in [4.78, 5) is 0.622. The maximum Gasteiger partial charge on any atom is 0.416 e. The molecule has 116 valence electrons. The molecule has 2 aromatic heterocycles. The van der Waals surface area contributed by atoms with E-state index in [1.807, 2.05) is 6.07 Å². The molecule has 3 rings (SSSR count). The number of benzene rings is 1. The standard InChI is InChI=1S/C14H7F3N4OS/c15-14(16,17)8-2-1-3-9(6-8)22-12-5-4-11(23-12)13-10(7-18)19-21-20-13/h1-6H,(H,19,20,21). The topological polar surface area (TPSA) is 74.6 Å². The first-order chi connectivity index (χ1) is 11.0. The molecule has 23 heavy (non-hydrogen) atoms. The second-order valence-corrected chi connectivity index (χ2v) is 5.43. The number of aromatic amines is 1. The molecule has 0 bridgehead atoms. The molecule has 2 heterocycles. The Morgan fingerprint density at radius 1 is 1.17 bits per heavy atom. The summed E-state index contributed by atoms with van der Waals surface area (Å²) in [5.41, 5.74) is -0.274. The van der Waals surface area contributed by atoms with Crippen molar-refractivity contribution in [3.8, 4) is 27.5 Å². The summed E-state index contributed by atoms with van der Waals surface area (Å²) in [7, 11) is 0. The van der Waals surface area contributed by atoms with Crippen LogP contribution >= 0.6 is 11.3 Å². The summed E-state index contributed by atoms with van der Waals surface area (Å²) in [5.74, 6) is 0.0777. The van der Waals surface area contributed by atoms with Crippen molar-refractivity contribution in [1.29, 1.82) is 5.26 Å². The third-order valence-corrected chi connectivity index (χ3v) is 3.82. The van der Waals surface area contributed by atoms with Gasteiger partial charge in [-0.1, -0.05) is 17.4 Å². The molecular formula is C14H7F3N4OS. The molecule has 0 aliphatic heterocycles. The number of rotatable bonds is 3. The van der Waals surface area contributed by atoms with Crippen LogP contribution in [0.4, 0.5) is 13.2 Å². The molecule has 0 saturated heterocycles. The largest absolute Gasteiger partial charge is 0.447 e. The van der Waals surface area contributed by atoms with Crippen molar-refractivity contribution < 1.29 is 17.9 Å². The molecular weight excluding hydrogens is 329 g/mol. The fourth-order valence-electron chi connectivity index (χ4n) is 1.83. The van der Waals surface area contributed by atoms with Crippen molar-refractivity contribution in [2.24, 2.45) is 0 Å². The van der Waals surface area contributed by atoms with Crippen molar-refractivity contribution in [3.05, 3.63) is 47.7 Å². The monoisotopic (exact) mass is 336 g/mol. The average molecular weight is 336 g/mol. The third-order valence-electron chi connectivity index (χ3n) is 2.85. The van der Waals surface area contributed by atoms with Gasteiger partial charge in [-0.25, -0.2) is 0 Å². The number of thiophene rings is 1. The van der Waals surface area contributed by atoms with E-state index in [0.29, 0.717) is 15.6 Å². The smallest absolute Gasteiger partial charge is 0.416 e. The highest BCUT2D eigenvalue weighted by molar-refractivity contribution is 7.17. The van der Waals surface area contributed by atoms with Crippen LogP contribution in [0.15, 0.2) is 36.4 Å². The summed E-state index contributed by atoms with van der Waals surface area (Å²) >= 11 is 1.15. The van der Waals surface area contributed by atoms with Gasteiger partial charge >= 0.3 is 6.18 Å². The first-order valence-electron chi connectivity index (χ1n) is 6.23. The minimum absolute atomic E-state index is 0.0777. The Bertz CT molecular complexity index is 879. The van der Waals surface area contributed by atoms with Crippen molar-refractivity contribution in [1.82, 2.24) is 15.4 Å². The fourth-order valence-corrected chi connectivity index (χ4v) is 2.70. The number of alkyl halides is 3. The van der Waals surface area contributed by atoms with Gasteiger partial charge in [0.2, 0.25) is 0 Å². The molecule has 5 nitrogen and oxygen atoms in total. The summed E-state index contributed by atoms with van der Waals surface area (Å²) in [6.45, 7) is 0. The minimum Gasteiger partial charge on any atom is -0.447 e. The Morgan fingerprint density at radius 2 is 2.00 bits per heavy atom. The predicted molar refractivity (Wildman–Crippen MR) is 75.9 cm³/mol. The Kier molecular flexibility index (Phi) is 3.75. The Balaban J connectivity index is 1.84. The van der Waals surface area contributed by atoms with E-state index in [1.54, 1.807) is 12.1 Å². The molecule has 1 aromatic carbocycles. The lowest BCUT2D eigenvalue weighted by Crippen LogP contribution is -2.04. The molecule has 1 N–H and O–H groups in total. The minimum atomic E-state index is -4.43. The quantitative estimate of drug-likeness (QED) is 0.777. The van der Waals surface area contributed by atoms with Crippen LogP contribution in [0.3, 0.4) is 0 Å². The lowest BCUT2D eigenvalue weighted by Gasteiger charge is -2.08. The van der Waals surface area contributed by atoms with E-state index in [-0.39, 0.29) is 11.4 Å². The van der Waals surface area contributed by atoms with E-state index in [2.05, 4.69) is 15.4 Å². The molecule has 0 atom stereocenters. The van der Waals surface area contributed by atoms with Crippen LogP contribution in [-0.4, -0.2) is 15.4 Å². The zero-order chi connectivity index (χ0) is 16.4. The normalized spacial score (nSPS) is 11.2. The number of nitrogens with zero attached hydrogens (tertiary/aromatic N) is 3. The summed E-state index contributed by atoms with van der Waals surface area (Å²) in [5, 5.41) is 19.2. The molecule has 0 spiro atoms. The zero-order valence-corrected chi connectivity index (χ0v) is 12.1. The second kappa shape index (κ2) is 5.73. The van der Waals surface area contributed by atoms with Crippen molar-refractivity contribution in [2.75, 3.05) is 0 Å². The van der Waals surface area contributed by atoms with Crippen molar-refractivity contribution >= 4 is 11.3 Å². The molecule has 3 aromatic rings. The average Bonchev–Trinajstić information content (AvgIpc) is 3.14. The van der Waals surface area contributed by atoms with E-state index in [1.165, 1.54) is 12.1 Å². The first kappa shape index (κ1) is 15.1. The number of hydrogen-bond acceptors (Lipinski definition) is 5. The SMILES string of the molecule is N#Cc1n[nH]nc1-c1ccc(Oc2cccc(C(F)(F)F)c2)s1. The maximum absolute atomic E-state index is 12.7. The number of ether oxygens (including phenoxy) is 1. The van der Waals surface area contributed by atoms with E-state index in [0.717, 1.165) is 23.5 Å². The number of halogens is 3. The first-order valence-corrected chi connectivity index (χ1v) is 7.05. The summed E-state index contributed by atoms with van der Waals surface area (Å²) < 4.78 is 43.5. The van der Waals surface area contributed by atoms with Crippen LogP contribution < -0.4 is 4.74 Å². The Hall–Kier alpha value is -2.86. The van der Waals surface area contributed by atoms with Gasteiger partial charge in [0.1, 0.15) is 17.5 Å². The van der Waals surface area contributed by atoms with Gasteiger partial charge in [-0.15, -0.1) is 5.10 Å². The molecule has 0 fully saturated rings. The lowest BCUT2D eigenvalue weighted by atomic mass is 10.2. The molecule has 0 amide bonds. The van der Waals surface area contributed by atoms with E-state index < -0.39 is 11.7 Å². The van der Waals surface area contributed by atoms with E-state index >= 15 is 0 Å². The van der Waals surface area contributed by atoms with Crippen LogP contribution in [0.25, 0.3) is 10.6 Å². The number of nitrogens with one attached hydrogen (secondary N) is 1. The van der Waals surface area contributed by atoms with Crippen molar-refractivity contribution in [2.45, 2.75) is 6.18 Å². The predicted octanol–water partition coefficient (Wildman–Crippen LogP) is 4.22. The van der Waals surface area contributed by atoms with Gasteiger partial charge in [0, 0.05) is 0 Å². The van der Waals surface area contributed by atoms with Crippen LogP contribution in [0.1, 0.15) is 11.3 Å². The Labute approximate surface area is 132 Å². The Morgan fingerprint density at radius 3 is 2.74 bits per heavy atom. The number of hydrogen-bond donors (Lipinski definition) is 1. The highest BCUT2D eigenvalue weighted by Gasteiger charge is 2.30. The van der Waals surface area contributed by atoms with E-state index in [4.69, 9.17) is 10.00 Å². The second-order valence-electron chi connectivity index (χ2n) is 4.38. The number of nitriles is 1. The molecule has 9 heteroatoms. The van der Waals surface area contributed by atoms with Gasteiger partial charge < -0.3 is 4.74 Å². The van der Waals surface area contributed by atoms with Crippen LogP contribution in [0, 0.1) is 11.3 Å². The molecule has 0 aliphatic carbocycles. The van der Waals surface area contributed by atoms with Gasteiger partial charge in [0.15, 0.2) is 10.8 Å². The van der Waals surface area contributed by atoms with Crippen LogP contribution in [-0.2, 0) is 6.18 Å². The highest BCUT2D eigenvalue weighted by atomic mass is 32.1. The molecule has 0 radical (unpaired) electrons. The van der Waals surface area contributed by atoms with Gasteiger partial charge in [-0.05, 0) is 30.3 Å². The summed E-state index contributed by atoms with van der Waals surface area (Å²) in [6.07, 6.45) is -4.43. The highest BCUT2D eigenvalue weighted by Crippen LogP contribution is 2.37. The van der Waals surface area contributed by atoms with Crippen LogP contribution in [0.5, 0.6) is 10.8 Å². The molecule has 0 aliphatic rings. The van der Waals surface area contributed by atoms with E-state index in [9.17, 15) is 13.2 Å². The maximum atomic E-state index is 12.7.